The molecule has 0 aliphatic rings. The SMILES string of the molecule is CCOC(=O)/C(C=NC)=C/c1ccc(O)cc1. The van der Waals surface area contributed by atoms with Crippen LogP contribution in [0.15, 0.2) is 34.8 Å². The summed E-state index contributed by atoms with van der Waals surface area (Å²) in [7, 11) is 1.59. The van der Waals surface area contributed by atoms with Crippen LogP contribution in [0.3, 0.4) is 0 Å². The minimum absolute atomic E-state index is 0.184. The van der Waals surface area contributed by atoms with E-state index in [1.165, 1.54) is 6.21 Å². The molecule has 0 amide bonds. The highest BCUT2D eigenvalue weighted by molar-refractivity contribution is 6.13. The van der Waals surface area contributed by atoms with Gasteiger partial charge in [0.05, 0.1) is 12.2 Å². The summed E-state index contributed by atoms with van der Waals surface area (Å²) in [4.78, 5) is 15.4. The first-order valence-electron chi connectivity index (χ1n) is 5.27. The van der Waals surface area contributed by atoms with Crippen LogP contribution >= 0.6 is 0 Å². The van der Waals surface area contributed by atoms with E-state index in [0.29, 0.717) is 12.2 Å². The zero-order chi connectivity index (χ0) is 12.7. The Kier molecular flexibility index (Phi) is 4.94. The lowest BCUT2D eigenvalue weighted by Gasteiger charge is -2.02. The molecular weight excluding hydrogens is 218 g/mol. The first kappa shape index (κ1) is 13.0. The first-order valence-corrected chi connectivity index (χ1v) is 5.27. The Balaban J connectivity index is 2.97. The van der Waals surface area contributed by atoms with E-state index < -0.39 is 5.97 Å². The van der Waals surface area contributed by atoms with Crippen LogP contribution in [-0.2, 0) is 9.53 Å². The van der Waals surface area contributed by atoms with Crippen LogP contribution in [0.25, 0.3) is 6.08 Å². The Morgan fingerprint density at radius 3 is 2.59 bits per heavy atom. The Morgan fingerprint density at radius 1 is 1.41 bits per heavy atom. The summed E-state index contributed by atoms with van der Waals surface area (Å²) in [6.07, 6.45) is 3.11. The predicted molar refractivity (Wildman–Crippen MR) is 67.1 cm³/mol. The summed E-state index contributed by atoms with van der Waals surface area (Å²) in [5.74, 6) is -0.227. The molecule has 1 aromatic carbocycles. The Labute approximate surface area is 100 Å². The summed E-state index contributed by atoms with van der Waals surface area (Å²) in [6.45, 7) is 2.07. The lowest BCUT2D eigenvalue weighted by Crippen LogP contribution is -2.08. The van der Waals surface area contributed by atoms with E-state index in [1.807, 2.05) is 0 Å². The summed E-state index contributed by atoms with van der Waals surface area (Å²) < 4.78 is 4.90. The van der Waals surface area contributed by atoms with Gasteiger partial charge in [-0.25, -0.2) is 4.79 Å². The normalized spacial score (nSPS) is 11.8. The van der Waals surface area contributed by atoms with Crippen LogP contribution in [-0.4, -0.2) is 30.9 Å². The number of ether oxygens (including phenoxy) is 1. The van der Waals surface area contributed by atoms with Gasteiger partial charge in [-0.1, -0.05) is 12.1 Å². The van der Waals surface area contributed by atoms with Gasteiger partial charge in [0.25, 0.3) is 0 Å². The van der Waals surface area contributed by atoms with Gasteiger partial charge in [-0.05, 0) is 30.7 Å². The number of phenolic OH excluding ortho intramolecular Hbond substituents is 1. The molecule has 0 aliphatic carbocycles. The van der Waals surface area contributed by atoms with Crippen molar-refractivity contribution in [2.75, 3.05) is 13.7 Å². The van der Waals surface area contributed by atoms with Crippen molar-refractivity contribution in [3.8, 4) is 5.75 Å². The molecule has 0 heterocycles. The molecule has 90 valence electrons. The number of carbonyl (C=O) groups excluding carboxylic acids is 1. The Bertz CT molecular complexity index is 432. The van der Waals surface area contributed by atoms with Gasteiger partial charge in [0.2, 0.25) is 0 Å². The molecule has 17 heavy (non-hydrogen) atoms. The van der Waals surface area contributed by atoms with Crippen LogP contribution in [0.1, 0.15) is 12.5 Å². The fourth-order valence-corrected chi connectivity index (χ4v) is 1.25. The summed E-state index contributed by atoms with van der Waals surface area (Å²) >= 11 is 0. The highest BCUT2D eigenvalue weighted by Crippen LogP contribution is 2.12. The maximum absolute atomic E-state index is 11.6. The maximum atomic E-state index is 11.6. The zero-order valence-electron chi connectivity index (χ0n) is 9.88. The van der Waals surface area contributed by atoms with Gasteiger partial charge in [0.15, 0.2) is 0 Å². The van der Waals surface area contributed by atoms with Crippen molar-refractivity contribution < 1.29 is 14.6 Å². The van der Waals surface area contributed by atoms with Crippen molar-refractivity contribution in [3.05, 3.63) is 35.4 Å². The smallest absolute Gasteiger partial charge is 0.339 e. The number of hydrogen-bond acceptors (Lipinski definition) is 4. The van der Waals surface area contributed by atoms with E-state index in [2.05, 4.69) is 4.99 Å². The number of aliphatic imine (C=N–C) groups is 1. The topological polar surface area (TPSA) is 58.9 Å². The second kappa shape index (κ2) is 6.48. The fourth-order valence-electron chi connectivity index (χ4n) is 1.25. The molecule has 4 heteroatoms. The quantitative estimate of drug-likeness (QED) is 0.492. The first-order chi connectivity index (χ1) is 8.17. The molecule has 0 saturated heterocycles. The summed E-state index contributed by atoms with van der Waals surface area (Å²) in [5, 5.41) is 9.15. The van der Waals surface area contributed by atoms with Crippen molar-refractivity contribution in [3.63, 3.8) is 0 Å². The molecule has 0 bridgehead atoms. The number of phenols is 1. The maximum Gasteiger partial charge on any atom is 0.339 e. The number of rotatable bonds is 4. The molecular formula is C13H15NO3. The van der Waals surface area contributed by atoms with Crippen molar-refractivity contribution in [1.82, 2.24) is 0 Å². The van der Waals surface area contributed by atoms with E-state index in [9.17, 15) is 4.79 Å². The van der Waals surface area contributed by atoms with E-state index in [1.54, 1.807) is 44.3 Å². The second-order valence-electron chi connectivity index (χ2n) is 3.30. The van der Waals surface area contributed by atoms with Crippen molar-refractivity contribution in [2.24, 2.45) is 4.99 Å². The van der Waals surface area contributed by atoms with E-state index >= 15 is 0 Å². The third-order valence-electron chi connectivity index (χ3n) is 1.99. The summed E-state index contributed by atoms with van der Waals surface area (Å²) in [5.41, 5.74) is 1.17. The third-order valence-corrected chi connectivity index (χ3v) is 1.99. The summed E-state index contributed by atoms with van der Waals surface area (Å²) in [6, 6.07) is 6.52. The molecule has 1 rings (SSSR count). The van der Waals surface area contributed by atoms with Crippen LogP contribution in [0.2, 0.25) is 0 Å². The van der Waals surface area contributed by atoms with Crippen molar-refractivity contribution >= 4 is 18.3 Å². The second-order valence-corrected chi connectivity index (χ2v) is 3.30. The van der Waals surface area contributed by atoms with E-state index in [0.717, 1.165) is 5.56 Å². The monoisotopic (exact) mass is 233 g/mol. The Hall–Kier alpha value is -2.10. The van der Waals surface area contributed by atoms with Crippen molar-refractivity contribution in [1.29, 1.82) is 0 Å². The number of carbonyl (C=O) groups is 1. The average molecular weight is 233 g/mol. The lowest BCUT2D eigenvalue weighted by molar-refractivity contribution is -0.137. The number of esters is 1. The predicted octanol–water partition coefficient (Wildman–Crippen LogP) is 2.04. The van der Waals surface area contributed by atoms with Gasteiger partial charge < -0.3 is 9.84 Å². The molecule has 0 unspecified atom stereocenters. The van der Waals surface area contributed by atoms with Gasteiger partial charge in [-0.3, -0.25) is 4.99 Å². The molecule has 0 aliphatic heterocycles. The number of nitrogens with zero attached hydrogens (tertiary/aromatic N) is 1. The minimum Gasteiger partial charge on any atom is -0.508 e. The highest BCUT2D eigenvalue weighted by atomic mass is 16.5. The lowest BCUT2D eigenvalue weighted by atomic mass is 10.1. The molecule has 0 aromatic heterocycles. The molecule has 0 spiro atoms. The Morgan fingerprint density at radius 2 is 2.06 bits per heavy atom. The standard InChI is InChI=1S/C13H15NO3/c1-3-17-13(16)11(9-14-2)8-10-4-6-12(15)7-5-10/h4-9,15H,3H2,1-2H3/b11-8+,14-9?. The van der Waals surface area contributed by atoms with Gasteiger partial charge in [-0.15, -0.1) is 0 Å². The number of hydrogen-bond donors (Lipinski definition) is 1. The van der Waals surface area contributed by atoms with E-state index in [4.69, 9.17) is 9.84 Å². The van der Waals surface area contributed by atoms with Crippen LogP contribution in [0.5, 0.6) is 5.75 Å². The minimum atomic E-state index is -0.411. The van der Waals surface area contributed by atoms with Gasteiger partial charge in [-0.2, -0.15) is 0 Å². The molecule has 1 N–H and O–H groups in total. The fraction of sp³-hybridized carbons (Fsp3) is 0.231. The zero-order valence-corrected chi connectivity index (χ0v) is 9.88. The molecule has 4 nitrogen and oxygen atoms in total. The highest BCUT2D eigenvalue weighted by Gasteiger charge is 2.07. The van der Waals surface area contributed by atoms with Gasteiger partial charge in [0, 0.05) is 13.3 Å². The average Bonchev–Trinajstić information content (AvgIpc) is 2.31. The number of aromatic hydroxyl groups is 1. The molecule has 0 radical (unpaired) electrons. The molecule has 0 saturated carbocycles. The van der Waals surface area contributed by atoms with E-state index in [-0.39, 0.29) is 5.75 Å². The largest absolute Gasteiger partial charge is 0.508 e. The third kappa shape index (κ3) is 4.10. The van der Waals surface area contributed by atoms with Crippen LogP contribution in [0.4, 0.5) is 0 Å². The van der Waals surface area contributed by atoms with Gasteiger partial charge in [0.1, 0.15) is 5.75 Å². The number of benzene rings is 1. The molecule has 0 atom stereocenters. The molecule has 1 aromatic rings. The van der Waals surface area contributed by atoms with Crippen molar-refractivity contribution in [2.45, 2.75) is 6.92 Å². The van der Waals surface area contributed by atoms with Gasteiger partial charge >= 0.3 is 5.97 Å². The van der Waals surface area contributed by atoms with Crippen LogP contribution < -0.4 is 0 Å². The van der Waals surface area contributed by atoms with Crippen LogP contribution in [0, 0.1) is 0 Å². The molecule has 0 fully saturated rings.